The predicted molar refractivity (Wildman–Crippen MR) is 120 cm³/mol. The number of hydrogen-bond acceptors (Lipinski definition) is 5. The standard InChI is InChI=1S/C24H19N3OS2/c1-15(29-23-17(14-25)13-16-7-6-8-18(16)26-23)24(28)27-19-9-2-4-11-21(19)30-22-12-5-3-10-20(22)27/h2-5,9-13,15H,6-8H2,1H3. The van der Waals surface area contributed by atoms with Gasteiger partial charge in [-0.15, -0.1) is 0 Å². The van der Waals surface area contributed by atoms with Gasteiger partial charge in [-0.05, 0) is 62.1 Å². The van der Waals surface area contributed by atoms with Gasteiger partial charge in [0, 0.05) is 15.5 Å². The van der Waals surface area contributed by atoms with Crippen LogP contribution in [0.5, 0.6) is 0 Å². The van der Waals surface area contributed by atoms with E-state index in [1.54, 1.807) is 11.8 Å². The monoisotopic (exact) mass is 429 g/mol. The molecule has 2 aromatic carbocycles. The first kappa shape index (κ1) is 19.2. The van der Waals surface area contributed by atoms with E-state index in [0.29, 0.717) is 10.6 Å². The van der Waals surface area contributed by atoms with Gasteiger partial charge in [0.1, 0.15) is 11.1 Å². The number of rotatable bonds is 3. The van der Waals surface area contributed by atoms with Gasteiger partial charge in [0.15, 0.2) is 0 Å². The zero-order chi connectivity index (χ0) is 20.7. The molecule has 0 saturated heterocycles. The molecule has 0 spiro atoms. The van der Waals surface area contributed by atoms with Crippen LogP contribution in [0.25, 0.3) is 0 Å². The normalized spacial score (nSPS) is 15.0. The van der Waals surface area contributed by atoms with Gasteiger partial charge in [-0.3, -0.25) is 9.69 Å². The highest BCUT2D eigenvalue weighted by molar-refractivity contribution is 8.00. The Morgan fingerprint density at radius 3 is 2.47 bits per heavy atom. The first-order valence-electron chi connectivity index (χ1n) is 9.95. The molecule has 1 aliphatic heterocycles. The minimum atomic E-state index is -0.381. The second-order valence-corrected chi connectivity index (χ2v) is 9.80. The maximum absolute atomic E-state index is 13.6. The summed E-state index contributed by atoms with van der Waals surface area (Å²) in [6.07, 6.45) is 3.01. The molecule has 0 fully saturated rings. The van der Waals surface area contributed by atoms with E-state index < -0.39 is 0 Å². The number of benzene rings is 2. The molecule has 3 aromatic rings. The van der Waals surface area contributed by atoms with Crippen LogP contribution < -0.4 is 4.90 Å². The number of aromatic nitrogens is 1. The van der Waals surface area contributed by atoms with E-state index in [9.17, 15) is 10.1 Å². The molecule has 1 amide bonds. The van der Waals surface area contributed by atoms with E-state index >= 15 is 0 Å². The highest BCUT2D eigenvalue weighted by Crippen LogP contribution is 2.48. The van der Waals surface area contributed by atoms with Crippen molar-refractivity contribution in [2.45, 2.75) is 46.3 Å². The number of thioether (sulfide) groups is 1. The largest absolute Gasteiger partial charge is 0.278 e. The van der Waals surface area contributed by atoms with Crippen molar-refractivity contribution < 1.29 is 4.79 Å². The van der Waals surface area contributed by atoms with Crippen molar-refractivity contribution in [1.82, 2.24) is 4.98 Å². The molecule has 0 radical (unpaired) electrons. The third-order valence-corrected chi connectivity index (χ3v) is 7.65. The molecule has 1 atom stereocenters. The highest BCUT2D eigenvalue weighted by Gasteiger charge is 2.32. The van der Waals surface area contributed by atoms with Crippen molar-refractivity contribution in [3.63, 3.8) is 0 Å². The van der Waals surface area contributed by atoms with Crippen LogP contribution in [0.15, 0.2) is 69.4 Å². The van der Waals surface area contributed by atoms with Gasteiger partial charge < -0.3 is 0 Å². The third kappa shape index (κ3) is 3.28. The average Bonchev–Trinajstić information content (AvgIpc) is 3.23. The molecule has 0 N–H and O–H groups in total. The summed E-state index contributed by atoms with van der Waals surface area (Å²) in [6.45, 7) is 1.90. The van der Waals surface area contributed by atoms with Gasteiger partial charge in [-0.1, -0.05) is 47.8 Å². The maximum atomic E-state index is 13.6. The topological polar surface area (TPSA) is 57.0 Å². The Hall–Kier alpha value is -2.75. The van der Waals surface area contributed by atoms with Gasteiger partial charge in [0.2, 0.25) is 5.91 Å². The van der Waals surface area contributed by atoms with Gasteiger partial charge in [0.05, 0.1) is 22.2 Å². The molecule has 1 aromatic heterocycles. The van der Waals surface area contributed by atoms with E-state index in [0.717, 1.165) is 46.1 Å². The molecule has 2 aliphatic rings. The van der Waals surface area contributed by atoms with Crippen molar-refractivity contribution in [2.24, 2.45) is 0 Å². The molecular weight excluding hydrogens is 410 g/mol. The lowest BCUT2D eigenvalue weighted by molar-refractivity contribution is -0.117. The minimum Gasteiger partial charge on any atom is -0.278 e. The lowest BCUT2D eigenvalue weighted by atomic mass is 10.2. The second kappa shape index (κ2) is 7.82. The van der Waals surface area contributed by atoms with E-state index in [-0.39, 0.29) is 11.2 Å². The van der Waals surface area contributed by atoms with Crippen LogP contribution >= 0.6 is 23.5 Å². The molecular formula is C24H19N3OS2. The summed E-state index contributed by atoms with van der Waals surface area (Å²) in [5.41, 5.74) is 4.62. The summed E-state index contributed by atoms with van der Waals surface area (Å²) in [5, 5.41) is 9.89. The predicted octanol–water partition coefficient (Wildman–Crippen LogP) is 5.75. The van der Waals surface area contributed by atoms with E-state index in [2.05, 4.69) is 6.07 Å². The molecule has 6 heteroatoms. The number of hydrogen-bond donors (Lipinski definition) is 0. The quantitative estimate of drug-likeness (QED) is 0.496. The van der Waals surface area contributed by atoms with Crippen LogP contribution in [0, 0.1) is 11.3 Å². The van der Waals surface area contributed by atoms with Gasteiger partial charge >= 0.3 is 0 Å². The Morgan fingerprint density at radius 1 is 1.13 bits per heavy atom. The van der Waals surface area contributed by atoms with Gasteiger partial charge in [-0.25, -0.2) is 4.98 Å². The molecule has 148 valence electrons. The van der Waals surface area contributed by atoms with Crippen molar-refractivity contribution in [3.05, 3.63) is 71.4 Å². The van der Waals surface area contributed by atoms with E-state index in [4.69, 9.17) is 4.98 Å². The smallest absolute Gasteiger partial charge is 0.244 e. The van der Waals surface area contributed by atoms with Crippen LogP contribution in [0.3, 0.4) is 0 Å². The molecule has 2 heterocycles. The minimum absolute atomic E-state index is 0.00797. The summed E-state index contributed by atoms with van der Waals surface area (Å²) in [5.74, 6) is -0.00797. The Bertz CT molecular complexity index is 1160. The zero-order valence-corrected chi connectivity index (χ0v) is 18.1. The van der Waals surface area contributed by atoms with Crippen molar-refractivity contribution in [3.8, 4) is 6.07 Å². The molecule has 4 nitrogen and oxygen atoms in total. The SMILES string of the molecule is CC(Sc1nc2c(cc1C#N)CCC2)C(=O)N1c2ccccc2Sc2ccccc21. The fraction of sp³-hybridized carbons (Fsp3) is 0.208. The fourth-order valence-corrected chi connectivity index (χ4v) is 5.96. The van der Waals surface area contributed by atoms with Crippen LogP contribution in [0.2, 0.25) is 0 Å². The number of aryl methyl sites for hydroxylation is 2. The second-order valence-electron chi connectivity index (χ2n) is 7.38. The van der Waals surface area contributed by atoms with Crippen molar-refractivity contribution in [1.29, 1.82) is 5.26 Å². The summed E-state index contributed by atoms with van der Waals surface area (Å²) < 4.78 is 0. The number of carbonyl (C=O) groups excluding carboxylic acids is 1. The summed E-state index contributed by atoms with van der Waals surface area (Å²) >= 11 is 3.06. The van der Waals surface area contributed by atoms with E-state index in [1.165, 1.54) is 17.3 Å². The molecule has 5 rings (SSSR count). The Balaban J connectivity index is 1.49. The zero-order valence-electron chi connectivity index (χ0n) is 16.5. The van der Waals surface area contributed by atoms with Gasteiger partial charge in [0.25, 0.3) is 0 Å². The number of nitrogens with zero attached hydrogens (tertiary/aromatic N) is 3. The number of carbonyl (C=O) groups is 1. The lowest BCUT2D eigenvalue weighted by Crippen LogP contribution is -2.34. The first-order valence-corrected chi connectivity index (χ1v) is 11.6. The maximum Gasteiger partial charge on any atom is 0.244 e. The van der Waals surface area contributed by atoms with Crippen LogP contribution in [-0.4, -0.2) is 16.1 Å². The van der Waals surface area contributed by atoms with Gasteiger partial charge in [-0.2, -0.15) is 5.26 Å². The lowest BCUT2D eigenvalue weighted by Gasteiger charge is -2.32. The molecule has 1 aliphatic carbocycles. The van der Waals surface area contributed by atoms with Crippen LogP contribution in [0.1, 0.15) is 30.2 Å². The summed E-state index contributed by atoms with van der Waals surface area (Å²) in [7, 11) is 0. The number of pyridine rings is 1. The van der Waals surface area contributed by atoms with Crippen molar-refractivity contribution >= 4 is 40.8 Å². The Kier molecular flexibility index (Phi) is 5.01. The first-order chi connectivity index (χ1) is 14.7. The number of anilines is 2. The highest BCUT2D eigenvalue weighted by atomic mass is 32.2. The third-order valence-electron chi connectivity index (χ3n) is 5.43. The molecule has 30 heavy (non-hydrogen) atoms. The number of amides is 1. The molecule has 1 unspecified atom stereocenters. The summed E-state index contributed by atoms with van der Waals surface area (Å²) in [6, 6.07) is 20.2. The molecule has 0 saturated carbocycles. The number of para-hydroxylation sites is 2. The number of fused-ring (bicyclic) bond motifs is 3. The fourth-order valence-electron chi connectivity index (χ4n) is 3.96. The van der Waals surface area contributed by atoms with Crippen LogP contribution in [-0.2, 0) is 17.6 Å². The average molecular weight is 430 g/mol. The number of nitriles is 1. The van der Waals surface area contributed by atoms with Crippen LogP contribution in [0.4, 0.5) is 11.4 Å². The molecule has 0 bridgehead atoms. The summed E-state index contributed by atoms with van der Waals surface area (Å²) in [4.78, 5) is 22.3. The van der Waals surface area contributed by atoms with Crippen molar-refractivity contribution in [2.75, 3.05) is 4.90 Å². The Labute approximate surface area is 184 Å². The Morgan fingerprint density at radius 2 is 1.80 bits per heavy atom. The van der Waals surface area contributed by atoms with E-state index in [1.807, 2.05) is 66.4 Å².